The number of aliphatic hydroxyl groups excluding tert-OH is 1. The molecular weight excluding hydrogens is 837 g/mol. The van der Waals surface area contributed by atoms with Gasteiger partial charge in [0, 0.05) is 55.8 Å². The third-order valence-electron chi connectivity index (χ3n) is 12.9. The zero-order chi connectivity index (χ0) is 47.5. The summed E-state index contributed by atoms with van der Waals surface area (Å²) in [4.78, 5) is 83.5. The van der Waals surface area contributed by atoms with E-state index in [0.717, 1.165) is 10.6 Å². The first-order valence-electron chi connectivity index (χ1n) is 22.8. The molecule has 2 N–H and O–H groups in total. The van der Waals surface area contributed by atoms with E-state index in [1.807, 2.05) is 48.5 Å². The van der Waals surface area contributed by atoms with Crippen LogP contribution in [0.5, 0.6) is 5.75 Å². The fourth-order valence-corrected chi connectivity index (χ4v) is 9.58. The van der Waals surface area contributed by atoms with Crippen LogP contribution < -0.4 is 10.1 Å². The van der Waals surface area contributed by atoms with E-state index < -0.39 is 65.5 Å². The van der Waals surface area contributed by atoms with E-state index in [9.17, 15) is 29.1 Å². The van der Waals surface area contributed by atoms with Crippen LogP contribution in [0.3, 0.4) is 0 Å². The SMILES string of the molecule is CC[C@H](C)[C@H]1C(=O)N2CCC[C@H]2C(=O)O[C@H](C(C)(C)C)C[C@@H](C)C[C@H](O)[C@H](C)C2=N[C@@H](/C=C(\C)C(=O)N[C@@H](Cc3ccc(OCCCN=[N+]=[N-])cc3)C(=O)N(C)[C@@H](C)C(=O)N1C)CS2. The number of cyclic esters (lactones) is 1. The molecular formula is C47H72N8O8S. The molecule has 1 fully saturated rings. The number of benzene rings is 1. The number of carbonyl (C=O) groups is 5. The molecule has 1 aromatic rings. The second-order valence-electron chi connectivity index (χ2n) is 19.0. The summed E-state index contributed by atoms with van der Waals surface area (Å²) in [6, 6.07) is 2.95. The quantitative estimate of drug-likeness (QED) is 0.0930. The van der Waals surface area contributed by atoms with Gasteiger partial charge < -0.3 is 34.6 Å². The van der Waals surface area contributed by atoms with Crippen LogP contribution in [0.25, 0.3) is 10.4 Å². The fourth-order valence-electron chi connectivity index (χ4n) is 8.44. The van der Waals surface area contributed by atoms with Gasteiger partial charge in [0.15, 0.2) is 0 Å². The molecule has 1 saturated heterocycles. The van der Waals surface area contributed by atoms with Gasteiger partial charge in [0.2, 0.25) is 23.6 Å². The lowest BCUT2D eigenvalue weighted by atomic mass is 9.81. The van der Waals surface area contributed by atoms with Crippen LogP contribution in [0.4, 0.5) is 0 Å². The molecule has 0 unspecified atom stereocenters. The van der Waals surface area contributed by atoms with Crippen LogP contribution in [0.15, 0.2) is 46.0 Å². The number of amides is 4. The number of rotatable bonds is 9. The van der Waals surface area contributed by atoms with Crippen molar-refractivity contribution in [3.8, 4) is 5.75 Å². The molecule has 0 saturated carbocycles. The number of azide groups is 1. The highest BCUT2D eigenvalue weighted by Gasteiger charge is 2.44. The van der Waals surface area contributed by atoms with Gasteiger partial charge >= 0.3 is 5.97 Å². The molecule has 0 aromatic heterocycles. The number of aliphatic hydroxyl groups is 1. The Bertz CT molecular complexity index is 1910. The van der Waals surface area contributed by atoms with Crippen molar-refractivity contribution >= 4 is 46.4 Å². The van der Waals surface area contributed by atoms with Crippen LogP contribution in [0.2, 0.25) is 0 Å². The average molecular weight is 909 g/mol. The Hall–Kier alpha value is -4.60. The molecule has 3 heterocycles. The van der Waals surface area contributed by atoms with Crippen LogP contribution in [0, 0.1) is 23.2 Å². The maximum atomic E-state index is 14.6. The number of thioether (sulfide) groups is 1. The normalized spacial score (nSPS) is 29.9. The smallest absolute Gasteiger partial charge is 0.329 e. The Balaban J connectivity index is 1.71. The van der Waals surface area contributed by atoms with Gasteiger partial charge in [0.1, 0.15) is 36.0 Å². The van der Waals surface area contributed by atoms with Gasteiger partial charge in [-0.05, 0) is 86.4 Å². The summed E-state index contributed by atoms with van der Waals surface area (Å²) in [5.41, 5.74) is 9.20. The molecule has 1 aromatic carbocycles. The summed E-state index contributed by atoms with van der Waals surface area (Å²) in [5.74, 6) is -1.65. The molecule has 16 nitrogen and oxygen atoms in total. The largest absolute Gasteiger partial charge is 0.494 e. The molecule has 0 spiro atoms. The van der Waals surface area contributed by atoms with Gasteiger partial charge in [-0.2, -0.15) is 0 Å². The van der Waals surface area contributed by atoms with Gasteiger partial charge in [-0.1, -0.05) is 78.2 Å². The summed E-state index contributed by atoms with van der Waals surface area (Å²) >= 11 is 1.55. The first kappa shape index (κ1) is 52.0. The van der Waals surface area contributed by atoms with E-state index in [0.29, 0.717) is 75.3 Å². The number of hydrogen-bond acceptors (Lipinski definition) is 11. The second-order valence-corrected chi connectivity index (χ2v) is 20.1. The minimum Gasteiger partial charge on any atom is -0.494 e. The van der Waals surface area contributed by atoms with Crippen molar-refractivity contribution in [1.82, 2.24) is 20.0 Å². The van der Waals surface area contributed by atoms with Crippen LogP contribution in [0.1, 0.15) is 106 Å². The maximum Gasteiger partial charge on any atom is 0.329 e. The lowest BCUT2D eigenvalue weighted by molar-refractivity contribution is -0.166. The van der Waals surface area contributed by atoms with Gasteiger partial charge in [0.25, 0.3) is 0 Å². The van der Waals surface area contributed by atoms with Gasteiger partial charge in [-0.15, -0.1) is 11.8 Å². The van der Waals surface area contributed by atoms with Gasteiger partial charge in [-0.25, -0.2) is 4.79 Å². The number of nitrogens with zero attached hydrogens (tertiary/aromatic N) is 7. The lowest BCUT2D eigenvalue weighted by Crippen LogP contribution is -2.59. The van der Waals surface area contributed by atoms with E-state index >= 15 is 0 Å². The number of likely N-dealkylation sites (N-methyl/N-ethyl adjacent to an activating group) is 2. The minimum atomic E-state index is -1.08. The first-order valence-corrected chi connectivity index (χ1v) is 23.8. The summed E-state index contributed by atoms with van der Waals surface area (Å²) in [6.07, 6.45) is 3.79. The van der Waals surface area contributed by atoms with Crippen molar-refractivity contribution in [1.29, 1.82) is 0 Å². The third kappa shape index (κ3) is 13.7. The molecule has 17 heteroatoms. The van der Waals surface area contributed by atoms with Crippen molar-refractivity contribution in [3.05, 3.63) is 51.9 Å². The molecule has 10 atom stereocenters. The van der Waals surface area contributed by atoms with E-state index in [1.165, 1.54) is 16.8 Å². The Kier molecular flexibility index (Phi) is 19.1. The molecule has 2 bridgehead atoms. The number of esters is 1. The van der Waals surface area contributed by atoms with E-state index in [2.05, 4.69) is 15.3 Å². The molecule has 0 aliphatic carbocycles. The van der Waals surface area contributed by atoms with Gasteiger partial charge in [0.05, 0.1) is 23.8 Å². The van der Waals surface area contributed by atoms with Crippen molar-refractivity contribution < 1.29 is 38.6 Å². The molecule has 0 radical (unpaired) electrons. The zero-order valence-electron chi connectivity index (χ0n) is 39.8. The second kappa shape index (κ2) is 23.5. The Labute approximate surface area is 383 Å². The highest BCUT2D eigenvalue weighted by molar-refractivity contribution is 8.14. The molecule has 354 valence electrons. The Morgan fingerprint density at radius 2 is 1.73 bits per heavy atom. The van der Waals surface area contributed by atoms with Crippen LogP contribution in [-0.4, -0.2) is 136 Å². The van der Waals surface area contributed by atoms with E-state index in [1.54, 1.807) is 67.9 Å². The van der Waals surface area contributed by atoms with Crippen molar-refractivity contribution in [2.24, 2.45) is 33.3 Å². The number of carbonyl (C=O) groups excluding carboxylic acids is 5. The number of aliphatic imine (C=N–C) groups is 1. The summed E-state index contributed by atoms with van der Waals surface area (Å²) < 4.78 is 12.1. The third-order valence-corrected chi connectivity index (χ3v) is 14.2. The standard InChI is InChI=1S/C47H72N8O8S/c1-12-29(3)40-45(60)55-21-13-15-37(55)46(61)63-39(47(7,8)9)24-28(2)23-38(56)31(5)42-50-34(27-64-42)25-30(4)41(57)51-36(44(59)53(10)32(6)43(58)54(40)11)26-33-16-18-35(19-17-33)62-22-14-20-49-52-48/h16-19,25,28-29,31-32,34,36-40,56H,12-15,20-24,26-27H2,1-11H3,(H,51,57)/b30-25+/t28-,29-,31-,32-,34-,36-,37-,38-,39-,40-/m0/s1. The average Bonchev–Trinajstić information content (AvgIpc) is 3.95. The zero-order valence-corrected chi connectivity index (χ0v) is 40.6. The van der Waals surface area contributed by atoms with Crippen LogP contribution in [-0.2, 0) is 35.1 Å². The maximum absolute atomic E-state index is 14.6. The van der Waals surface area contributed by atoms with E-state index in [-0.39, 0.29) is 36.1 Å². The molecule has 64 heavy (non-hydrogen) atoms. The van der Waals surface area contributed by atoms with Crippen molar-refractivity contribution in [2.45, 2.75) is 150 Å². The molecule has 4 rings (SSSR count). The van der Waals surface area contributed by atoms with Crippen LogP contribution >= 0.6 is 11.8 Å². The molecule has 3 aliphatic rings. The topological polar surface area (TPSA) is 207 Å². The van der Waals surface area contributed by atoms with E-state index in [4.69, 9.17) is 20.0 Å². The summed E-state index contributed by atoms with van der Waals surface area (Å²) in [7, 11) is 3.08. The Morgan fingerprint density at radius 3 is 2.38 bits per heavy atom. The first-order chi connectivity index (χ1) is 30.2. The highest BCUT2D eigenvalue weighted by Crippen LogP contribution is 2.34. The Morgan fingerprint density at radius 1 is 1.05 bits per heavy atom. The number of ether oxygens (including phenoxy) is 2. The number of nitrogens with one attached hydrogen (secondary N) is 1. The summed E-state index contributed by atoms with van der Waals surface area (Å²) in [5, 5.41) is 18.7. The number of hydrogen-bond donors (Lipinski definition) is 2. The molecule has 3 aliphatic heterocycles. The fraction of sp³-hybridized carbons (Fsp3) is 0.702. The monoisotopic (exact) mass is 909 g/mol. The van der Waals surface area contributed by atoms with Crippen molar-refractivity contribution in [3.63, 3.8) is 0 Å². The predicted molar refractivity (Wildman–Crippen MR) is 250 cm³/mol. The van der Waals surface area contributed by atoms with Crippen molar-refractivity contribution in [2.75, 3.05) is 39.5 Å². The number of fused-ring (bicyclic) bond motifs is 2. The molecule has 4 amide bonds. The lowest BCUT2D eigenvalue weighted by Gasteiger charge is -2.39. The predicted octanol–water partition coefficient (Wildman–Crippen LogP) is 6.35. The highest BCUT2D eigenvalue weighted by atomic mass is 32.2. The van der Waals surface area contributed by atoms with Gasteiger partial charge in [-0.3, -0.25) is 24.2 Å². The minimum absolute atomic E-state index is 0.0168. The summed E-state index contributed by atoms with van der Waals surface area (Å²) in [6.45, 7) is 18.2.